The molecule has 0 aliphatic heterocycles. The quantitative estimate of drug-likeness (QED) is 0.823. The van der Waals surface area contributed by atoms with Crippen LogP contribution in [0.1, 0.15) is 27.2 Å². The van der Waals surface area contributed by atoms with Gasteiger partial charge in [0.2, 0.25) is 5.91 Å². The summed E-state index contributed by atoms with van der Waals surface area (Å²) in [7, 11) is 0. The maximum Gasteiger partial charge on any atom is 0.242 e. The molecule has 0 saturated carbocycles. The summed E-state index contributed by atoms with van der Waals surface area (Å²) in [5, 5.41) is 5.51. The Morgan fingerprint density at radius 1 is 1.30 bits per heavy atom. The fourth-order valence-electron chi connectivity index (χ4n) is 1.60. The maximum absolute atomic E-state index is 13.6. The average molecular weight is 349 g/mol. The molecule has 1 amide bonds. The summed E-state index contributed by atoms with van der Waals surface area (Å²) in [5.41, 5.74) is 0.0814. The highest BCUT2D eigenvalue weighted by molar-refractivity contribution is 9.10. The van der Waals surface area contributed by atoms with E-state index in [9.17, 15) is 13.6 Å². The average Bonchev–Trinajstić information content (AvgIpc) is 2.32. The highest BCUT2D eigenvalue weighted by Crippen LogP contribution is 2.27. The fourth-order valence-corrected chi connectivity index (χ4v) is 2.12. The van der Waals surface area contributed by atoms with Crippen molar-refractivity contribution in [1.82, 2.24) is 5.32 Å². The second-order valence-electron chi connectivity index (χ2n) is 5.08. The summed E-state index contributed by atoms with van der Waals surface area (Å²) in [5.74, 6) is -1.13. The van der Waals surface area contributed by atoms with E-state index in [-0.39, 0.29) is 16.1 Å². The van der Waals surface area contributed by atoms with Gasteiger partial charge in [-0.05, 0) is 41.3 Å². The molecule has 112 valence electrons. The van der Waals surface area contributed by atoms with Crippen LogP contribution in [0.2, 0.25) is 0 Å². The molecule has 0 spiro atoms. The van der Waals surface area contributed by atoms with Crippen LogP contribution < -0.4 is 10.6 Å². The Kier molecular flexibility index (Phi) is 6.39. The molecule has 20 heavy (non-hydrogen) atoms. The Hall–Kier alpha value is -1.17. The van der Waals surface area contributed by atoms with Crippen LogP contribution in [0.3, 0.4) is 0 Å². The van der Waals surface area contributed by atoms with Gasteiger partial charge in [0.1, 0.15) is 17.7 Å². The second-order valence-corrected chi connectivity index (χ2v) is 5.94. The molecule has 1 atom stereocenters. The van der Waals surface area contributed by atoms with Gasteiger partial charge in [-0.15, -0.1) is 0 Å². The summed E-state index contributed by atoms with van der Waals surface area (Å²) in [4.78, 5) is 11.8. The zero-order chi connectivity index (χ0) is 15.3. The summed E-state index contributed by atoms with van der Waals surface area (Å²) < 4.78 is 26.8. The lowest BCUT2D eigenvalue weighted by atomic mass is 10.1. The molecule has 1 unspecified atom stereocenters. The zero-order valence-electron chi connectivity index (χ0n) is 11.8. The third-order valence-corrected chi connectivity index (χ3v) is 3.41. The number of rotatable bonds is 6. The minimum Gasteiger partial charge on any atom is -0.371 e. The SMILES string of the molecule is CC(C)CCNC(=O)C(C)Nc1c(F)cc(F)cc1Br. The van der Waals surface area contributed by atoms with Crippen LogP contribution >= 0.6 is 15.9 Å². The first-order valence-electron chi connectivity index (χ1n) is 6.50. The molecule has 0 aliphatic rings. The zero-order valence-corrected chi connectivity index (χ0v) is 13.4. The van der Waals surface area contributed by atoms with Gasteiger partial charge in [0.05, 0.1) is 5.69 Å². The number of hydrogen-bond acceptors (Lipinski definition) is 2. The Morgan fingerprint density at radius 3 is 2.50 bits per heavy atom. The summed E-state index contributed by atoms with van der Waals surface area (Å²) in [6.07, 6.45) is 0.882. The van der Waals surface area contributed by atoms with Crippen molar-refractivity contribution < 1.29 is 13.6 Å². The van der Waals surface area contributed by atoms with E-state index in [1.165, 1.54) is 0 Å². The monoisotopic (exact) mass is 348 g/mol. The van der Waals surface area contributed by atoms with Gasteiger partial charge in [-0.1, -0.05) is 13.8 Å². The summed E-state index contributed by atoms with van der Waals surface area (Å²) in [6, 6.07) is 1.31. The Balaban J connectivity index is 2.62. The molecule has 1 aromatic rings. The van der Waals surface area contributed by atoms with Gasteiger partial charge in [-0.25, -0.2) is 8.78 Å². The summed E-state index contributed by atoms with van der Waals surface area (Å²) in [6.45, 7) is 6.34. The van der Waals surface area contributed by atoms with Crippen LogP contribution in [0.4, 0.5) is 14.5 Å². The van der Waals surface area contributed by atoms with Gasteiger partial charge in [-0.2, -0.15) is 0 Å². The van der Waals surface area contributed by atoms with E-state index in [1.807, 2.05) is 0 Å². The number of anilines is 1. The van der Waals surface area contributed by atoms with Crippen molar-refractivity contribution in [3.05, 3.63) is 28.2 Å². The van der Waals surface area contributed by atoms with E-state index in [1.54, 1.807) is 6.92 Å². The molecule has 0 aliphatic carbocycles. The highest BCUT2D eigenvalue weighted by atomic mass is 79.9. The molecule has 6 heteroatoms. The van der Waals surface area contributed by atoms with Crippen molar-refractivity contribution in [1.29, 1.82) is 0 Å². The smallest absolute Gasteiger partial charge is 0.242 e. The van der Waals surface area contributed by atoms with Crippen LogP contribution in [0.25, 0.3) is 0 Å². The molecule has 3 nitrogen and oxygen atoms in total. The lowest BCUT2D eigenvalue weighted by Crippen LogP contribution is -2.38. The Bertz CT molecular complexity index is 457. The van der Waals surface area contributed by atoms with E-state index in [0.29, 0.717) is 12.5 Å². The van der Waals surface area contributed by atoms with E-state index in [2.05, 4.69) is 40.4 Å². The van der Waals surface area contributed by atoms with Crippen LogP contribution in [0, 0.1) is 17.6 Å². The molecule has 0 radical (unpaired) electrons. The lowest BCUT2D eigenvalue weighted by molar-refractivity contribution is -0.121. The number of hydrogen-bond donors (Lipinski definition) is 2. The number of amides is 1. The third-order valence-electron chi connectivity index (χ3n) is 2.78. The van der Waals surface area contributed by atoms with Gasteiger partial charge in [0.15, 0.2) is 0 Å². The number of carbonyl (C=O) groups excluding carboxylic acids is 1. The van der Waals surface area contributed by atoms with Gasteiger partial charge in [0.25, 0.3) is 0 Å². The molecule has 0 bridgehead atoms. The van der Waals surface area contributed by atoms with Crippen molar-refractivity contribution in [3.8, 4) is 0 Å². The van der Waals surface area contributed by atoms with Gasteiger partial charge >= 0.3 is 0 Å². The van der Waals surface area contributed by atoms with Crippen LogP contribution in [0.5, 0.6) is 0 Å². The largest absolute Gasteiger partial charge is 0.371 e. The van der Waals surface area contributed by atoms with Gasteiger partial charge in [0, 0.05) is 17.1 Å². The lowest BCUT2D eigenvalue weighted by Gasteiger charge is -2.17. The van der Waals surface area contributed by atoms with Crippen LogP contribution in [-0.4, -0.2) is 18.5 Å². The van der Waals surface area contributed by atoms with Crippen molar-refractivity contribution >= 4 is 27.5 Å². The highest BCUT2D eigenvalue weighted by Gasteiger charge is 2.17. The number of benzene rings is 1. The topological polar surface area (TPSA) is 41.1 Å². The van der Waals surface area contributed by atoms with E-state index in [0.717, 1.165) is 18.6 Å². The van der Waals surface area contributed by atoms with Crippen molar-refractivity contribution in [2.75, 3.05) is 11.9 Å². The second kappa shape index (κ2) is 7.57. The van der Waals surface area contributed by atoms with Gasteiger partial charge < -0.3 is 10.6 Å². The van der Waals surface area contributed by atoms with Crippen molar-refractivity contribution in [2.24, 2.45) is 5.92 Å². The molecule has 0 saturated heterocycles. The minimum absolute atomic E-state index is 0.0814. The first-order valence-corrected chi connectivity index (χ1v) is 7.29. The molecule has 0 fully saturated rings. The molecular formula is C14H19BrF2N2O. The Labute approximate surface area is 126 Å². The third kappa shape index (κ3) is 5.07. The minimum atomic E-state index is -0.737. The molecule has 0 aromatic heterocycles. The number of carbonyl (C=O) groups is 1. The standard InChI is InChI=1S/C14H19BrF2N2O/c1-8(2)4-5-18-14(20)9(3)19-13-11(15)6-10(16)7-12(13)17/h6-9,19H,4-5H2,1-3H3,(H,18,20). The Morgan fingerprint density at radius 2 is 1.95 bits per heavy atom. The fraction of sp³-hybridized carbons (Fsp3) is 0.500. The molecule has 1 aromatic carbocycles. The number of halogens is 3. The molecule has 1 rings (SSSR count). The first kappa shape index (κ1) is 16.9. The van der Waals surface area contributed by atoms with E-state index >= 15 is 0 Å². The predicted octanol–water partition coefficient (Wildman–Crippen LogP) is 3.69. The molecule has 0 heterocycles. The normalized spacial score (nSPS) is 12.3. The first-order chi connectivity index (χ1) is 9.31. The van der Waals surface area contributed by atoms with Crippen molar-refractivity contribution in [2.45, 2.75) is 33.2 Å². The predicted molar refractivity (Wildman–Crippen MR) is 79.6 cm³/mol. The summed E-state index contributed by atoms with van der Waals surface area (Å²) >= 11 is 3.07. The maximum atomic E-state index is 13.6. The van der Waals surface area contributed by atoms with E-state index in [4.69, 9.17) is 0 Å². The van der Waals surface area contributed by atoms with Crippen LogP contribution in [0.15, 0.2) is 16.6 Å². The van der Waals surface area contributed by atoms with E-state index < -0.39 is 17.7 Å². The van der Waals surface area contributed by atoms with Crippen LogP contribution in [-0.2, 0) is 4.79 Å². The number of nitrogens with one attached hydrogen (secondary N) is 2. The van der Waals surface area contributed by atoms with Crippen molar-refractivity contribution in [3.63, 3.8) is 0 Å². The molecular weight excluding hydrogens is 330 g/mol. The van der Waals surface area contributed by atoms with Gasteiger partial charge in [-0.3, -0.25) is 4.79 Å². The molecule has 2 N–H and O–H groups in total.